The number of aliphatic hydroxyl groups is 2. The molecule has 1 aliphatic rings. The van der Waals surface area contributed by atoms with Crippen LogP contribution in [0.4, 0.5) is 0 Å². The van der Waals surface area contributed by atoms with Crippen LogP contribution in [0.25, 0.3) is 0 Å². The lowest BCUT2D eigenvalue weighted by Crippen LogP contribution is -2.52. The van der Waals surface area contributed by atoms with Crippen molar-refractivity contribution >= 4 is 0 Å². The molecule has 7 nitrogen and oxygen atoms in total. The molecule has 4 rings (SSSR count). The first-order valence-corrected chi connectivity index (χ1v) is 10.0. The van der Waals surface area contributed by atoms with Crippen molar-refractivity contribution in [3.63, 3.8) is 0 Å². The normalized spacial score (nSPS) is 18.6. The van der Waals surface area contributed by atoms with Crippen LogP contribution in [0.2, 0.25) is 0 Å². The van der Waals surface area contributed by atoms with E-state index in [-0.39, 0.29) is 11.8 Å². The van der Waals surface area contributed by atoms with Gasteiger partial charge >= 0.3 is 0 Å². The SMILES string of the molecule is CC(C#N)C1(c2ccccc2)NC(O)=C(O)N1C.Cc1nccn1Cc1ccccc1. The van der Waals surface area contributed by atoms with E-state index >= 15 is 0 Å². The molecule has 0 saturated carbocycles. The molecule has 3 aromatic rings. The lowest BCUT2D eigenvalue weighted by molar-refractivity contribution is 0.0734. The topological polar surface area (TPSA) is 97.3 Å². The second-order valence-corrected chi connectivity index (χ2v) is 7.43. The zero-order valence-electron chi connectivity index (χ0n) is 17.9. The molecule has 2 unspecified atom stereocenters. The Morgan fingerprint density at radius 2 is 1.71 bits per heavy atom. The minimum absolute atomic E-state index is 0.263. The summed E-state index contributed by atoms with van der Waals surface area (Å²) in [5.41, 5.74) is 1.16. The summed E-state index contributed by atoms with van der Waals surface area (Å²) in [5, 5.41) is 31.5. The van der Waals surface area contributed by atoms with Crippen molar-refractivity contribution in [2.45, 2.75) is 26.1 Å². The molecule has 0 radical (unpaired) electrons. The van der Waals surface area contributed by atoms with Gasteiger partial charge in [0, 0.05) is 26.0 Å². The predicted molar refractivity (Wildman–Crippen MR) is 119 cm³/mol. The summed E-state index contributed by atoms with van der Waals surface area (Å²) >= 11 is 0. The highest BCUT2D eigenvalue weighted by molar-refractivity contribution is 5.32. The number of hydrogen-bond acceptors (Lipinski definition) is 6. The number of hydrogen-bond donors (Lipinski definition) is 3. The molecular formula is C24H27N5O2. The first kappa shape index (κ1) is 21.8. The number of nitrogens with one attached hydrogen (secondary N) is 1. The van der Waals surface area contributed by atoms with Crippen molar-refractivity contribution < 1.29 is 10.2 Å². The Morgan fingerprint density at radius 3 is 2.19 bits per heavy atom. The molecule has 7 heteroatoms. The van der Waals surface area contributed by atoms with Crippen LogP contribution in [-0.4, -0.2) is 31.7 Å². The van der Waals surface area contributed by atoms with E-state index in [1.54, 1.807) is 14.0 Å². The number of aryl methyl sites for hydroxylation is 1. The van der Waals surface area contributed by atoms with Gasteiger partial charge in [-0.15, -0.1) is 0 Å². The van der Waals surface area contributed by atoms with Gasteiger partial charge in [-0.1, -0.05) is 60.7 Å². The highest BCUT2D eigenvalue weighted by atomic mass is 16.3. The molecule has 0 spiro atoms. The lowest BCUT2D eigenvalue weighted by atomic mass is 9.87. The van der Waals surface area contributed by atoms with E-state index in [1.807, 2.05) is 55.7 Å². The molecule has 2 aromatic carbocycles. The van der Waals surface area contributed by atoms with Crippen LogP contribution in [0, 0.1) is 24.2 Å². The average Bonchev–Trinajstić information content (AvgIpc) is 3.31. The van der Waals surface area contributed by atoms with E-state index in [1.165, 1.54) is 10.5 Å². The minimum Gasteiger partial charge on any atom is -0.491 e. The van der Waals surface area contributed by atoms with Crippen molar-refractivity contribution in [3.05, 3.63) is 102 Å². The van der Waals surface area contributed by atoms with Crippen LogP contribution in [0.1, 0.15) is 23.9 Å². The maximum Gasteiger partial charge on any atom is 0.251 e. The lowest BCUT2D eigenvalue weighted by Gasteiger charge is -2.39. The van der Waals surface area contributed by atoms with E-state index in [2.05, 4.69) is 45.2 Å². The number of benzene rings is 2. The van der Waals surface area contributed by atoms with Crippen molar-refractivity contribution in [2.75, 3.05) is 7.05 Å². The maximum atomic E-state index is 9.79. The second-order valence-electron chi connectivity index (χ2n) is 7.43. The zero-order valence-corrected chi connectivity index (χ0v) is 17.9. The molecule has 2 heterocycles. The molecule has 160 valence electrons. The second kappa shape index (κ2) is 9.26. The third-order valence-electron chi connectivity index (χ3n) is 5.52. The van der Waals surface area contributed by atoms with Crippen molar-refractivity contribution in [1.29, 1.82) is 5.26 Å². The number of rotatable bonds is 4. The van der Waals surface area contributed by atoms with Crippen molar-refractivity contribution in [1.82, 2.24) is 19.8 Å². The van der Waals surface area contributed by atoms with Crippen LogP contribution in [0.15, 0.2) is 84.8 Å². The fraction of sp³-hybridized carbons (Fsp3) is 0.250. The highest BCUT2D eigenvalue weighted by Gasteiger charge is 2.49. The van der Waals surface area contributed by atoms with Gasteiger partial charge in [0.25, 0.3) is 5.88 Å². The number of nitrogens with zero attached hydrogens (tertiary/aromatic N) is 4. The molecule has 1 aromatic heterocycles. The van der Waals surface area contributed by atoms with Gasteiger partial charge in [-0.2, -0.15) is 5.26 Å². The number of aliphatic hydroxyl groups excluding tert-OH is 2. The summed E-state index contributed by atoms with van der Waals surface area (Å²) in [4.78, 5) is 5.65. The fourth-order valence-corrected chi connectivity index (χ4v) is 3.70. The average molecular weight is 418 g/mol. The molecule has 3 N–H and O–H groups in total. The Bertz CT molecular complexity index is 1070. The molecule has 0 bridgehead atoms. The summed E-state index contributed by atoms with van der Waals surface area (Å²) in [6.07, 6.45) is 3.83. The number of imidazole rings is 1. The van der Waals surface area contributed by atoms with Gasteiger partial charge < -0.3 is 25.0 Å². The molecule has 0 fully saturated rings. The van der Waals surface area contributed by atoms with E-state index in [0.717, 1.165) is 17.9 Å². The van der Waals surface area contributed by atoms with Crippen LogP contribution in [0.3, 0.4) is 0 Å². The van der Waals surface area contributed by atoms with Gasteiger partial charge in [-0.05, 0) is 25.0 Å². The smallest absolute Gasteiger partial charge is 0.251 e. The predicted octanol–water partition coefficient (Wildman–Crippen LogP) is 4.02. The Hall–Kier alpha value is -3.92. The molecule has 0 aliphatic carbocycles. The summed E-state index contributed by atoms with van der Waals surface area (Å²) in [5.74, 6) is 0.00459. The van der Waals surface area contributed by atoms with Gasteiger partial charge in [0.1, 0.15) is 5.82 Å². The number of nitriles is 1. The van der Waals surface area contributed by atoms with Gasteiger partial charge in [0.2, 0.25) is 5.88 Å². The molecule has 0 amide bonds. The molecule has 1 aliphatic heterocycles. The van der Waals surface area contributed by atoms with E-state index in [9.17, 15) is 15.5 Å². The van der Waals surface area contributed by atoms with Gasteiger partial charge in [0.05, 0.1) is 12.0 Å². The van der Waals surface area contributed by atoms with Crippen LogP contribution in [-0.2, 0) is 12.2 Å². The maximum absolute atomic E-state index is 9.79. The third kappa shape index (κ3) is 4.33. The quantitative estimate of drug-likeness (QED) is 0.593. The summed E-state index contributed by atoms with van der Waals surface area (Å²) < 4.78 is 2.13. The largest absolute Gasteiger partial charge is 0.491 e. The zero-order chi connectivity index (χ0) is 22.4. The Balaban J connectivity index is 0.000000185. The minimum atomic E-state index is -0.954. The first-order valence-electron chi connectivity index (χ1n) is 10.0. The molecule has 2 atom stereocenters. The molecule has 0 saturated heterocycles. The third-order valence-corrected chi connectivity index (χ3v) is 5.52. The molecule has 31 heavy (non-hydrogen) atoms. The van der Waals surface area contributed by atoms with E-state index in [0.29, 0.717) is 0 Å². The van der Waals surface area contributed by atoms with Gasteiger partial charge in [-0.3, -0.25) is 0 Å². The van der Waals surface area contributed by atoms with Crippen LogP contribution in [0.5, 0.6) is 0 Å². The van der Waals surface area contributed by atoms with Crippen molar-refractivity contribution in [2.24, 2.45) is 5.92 Å². The Kier molecular flexibility index (Phi) is 6.51. The first-order chi connectivity index (χ1) is 14.9. The number of aromatic nitrogens is 2. The van der Waals surface area contributed by atoms with E-state index < -0.39 is 11.6 Å². The standard InChI is InChI=1S/C13H15N3O2.C11H12N2/c1-9(8-14)13(10-6-4-3-5-7-10)15-11(17)12(18)16(13)2;1-10-12-7-8-13(10)9-11-5-3-2-4-6-11/h3-7,9,15,17-18H,1-2H3;2-8H,9H2,1H3. The Morgan fingerprint density at radius 1 is 1.10 bits per heavy atom. The summed E-state index contributed by atoms with van der Waals surface area (Å²) in [6.45, 7) is 4.66. The Labute approximate surface area is 182 Å². The summed E-state index contributed by atoms with van der Waals surface area (Å²) in [7, 11) is 1.63. The van der Waals surface area contributed by atoms with Crippen molar-refractivity contribution in [3.8, 4) is 6.07 Å². The molecular weight excluding hydrogens is 390 g/mol. The van der Waals surface area contributed by atoms with Gasteiger partial charge in [-0.25, -0.2) is 4.98 Å². The summed E-state index contributed by atoms with van der Waals surface area (Å²) in [6, 6.07) is 21.8. The van der Waals surface area contributed by atoms with Gasteiger partial charge in [0.15, 0.2) is 5.66 Å². The van der Waals surface area contributed by atoms with E-state index in [4.69, 9.17) is 0 Å². The van der Waals surface area contributed by atoms with Crippen LogP contribution < -0.4 is 5.32 Å². The monoisotopic (exact) mass is 417 g/mol. The highest BCUT2D eigenvalue weighted by Crippen LogP contribution is 2.39. The van der Waals surface area contributed by atoms with Crippen LogP contribution >= 0.6 is 0 Å². The fourth-order valence-electron chi connectivity index (χ4n) is 3.70.